The van der Waals surface area contributed by atoms with Gasteiger partial charge in [-0.05, 0) is 18.6 Å². The van der Waals surface area contributed by atoms with Gasteiger partial charge in [-0.25, -0.2) is 4.57 Å². The van der Waals surface area contributed by atoms with Gasteiger partial charge >= 0.3 is 7.82 Å². The normalized spacial score (nSPS) is 48.5. The first-order valence-corrected chi connectivity index (χ1v) is 23.6. The van der Waals surface area contributed by atoms with E-state index in [1.807, 2.05) is 0 Å². The molecule has 0 spiro atoms. The second-order valence-corrected chi connectivity index (χ2v) is 18.7. The van der Waals surface area contributed by atoms with Gasteiger partial charge in [-0.1, -0.05) is 12.8 Å². The molecular formula is C36H66NO28PS. The molecule has 4 saturated heterocycles. The van der Waals surface area contributed by atoms with E-state index in [1.54, 1.807) is 0 Å². The molecule has 1 unspecified atom stereocenters. The van der Waals surface area contributed by atoms with Gasteiger partial charge in [0.05, 0.1) is 39.1 Å². The van der Waals surface area contributed by atoms with Gasteiger partial charge in [0.15, 0.2) is 25.2 Å². The molecule has 0 bridgehead atoms. The molecule has 29 nitrogen and oxygen atoms in total. The second kappa shape index (κ2) is 25.4. The lowest BCUT2D eigenvalue weighted by molar-refractivity contribution is -0.377. The lowest BCUT2D eigenvalue weighted by atomic mass is 9.84. The molecule has 0 aromatic heterocycles. The Kier molecular flexibility index (Phi) is 21.8. The highest BCUT2D eigenvalue weighted by Crippen LogP contribution is 2.48. The number of hydrogen-bond acceptors (Lipinski definition) is 29. The number of phosphoric acid groups is 1. The van der Waals surface area contributed by atoms with Crippen molar-refractivity contribution in [1.82, 2.24) is 0 Å². The summed E-state index contributed by atoms with van der Waals surface area (Å²) in [5.74, 6) is 0.635. The molecule has 19 N–H and O–H groups in total. The molecule has 4 aliphatic heterocycles. The van der Waals surface area contributed by atoms with Crippen molar-refractivity contribution >= 4 is 20.5 Å². The predicted octanol–water partition coefficient (Wildman–Crippen LogP) is -9.94. The lowest BCUT2D eigenvalue weighted by Crippen LogP contribution is -2.69. The number of thiol groups is 1. The summed E-state index contributed by atoms with van der Waals surface area (Å²) in [6.45, 7) is -3.88. The number of aliphatic hydroxyl groups excluding tert-OH is 16. The molecule has 0 aromatic carbocycles. The fourth-order valence-corrected chi connectivity index (χ4v) is 9.30. The minimum Gasteiger partial charge on any atom is -0.394 e. The third-order valence-electron chi connectivity index (χ3n) is 12.1. The first-order chi connectivity index (χ1) is 31.6. The highest BCUT2D eigenvalue weighted by molar-refractivity contribution is 7.80. The summed E-state index contributed by atoms with van der Waals surface area (Å²) < 4.78 is 68.0. The van der Waals surface area contributed by atoms with Crippen LogP contribution in [0.5, 0.6) is 0 Å². The molecule has 394 valence electrons. The predicted molar refractivity (Wildman–Crippen MR) is 216 cm³/mol. The number of phosphoric ester groups is 1. The second-order valence-electron chi connectivity index (χ2n) is 16.8. The van der Waals surface area contributed by atoms with Crippen molar-refractivity contribution in [3.05, 3.63) is 0 Å². The van der Waals surface area contributed by atoms with Gasteiger partial charge in [-0.3, -0.25) is 9.05 Å². The van der Waals surface area contributed by atoms with Gasteiger partial charge in [0.25, 0.3) is 0 Å². The minimum atomic E-state index is -5.06. The van der Waals surface area contributed by atoms with E-state index in [4.69, 9.17) is 52.7 Å². The van der Waals surface area contributed by atoms with Crippen molar-refractivity contribution in [2.24, 2.45) is 5.73 Å². The molecule has 27 atom stereocenters. The first kappa shape index (κ1) is 57.4. The summed E-state index contributed by atoms with van der Waals surface area (Å²) in [5, 5.41) is 169. The fourth-order valence-electron chi connectivity index (χ4n) is 8.11. The quantitative estimate of drug-likeness (QED) is 0.0288. The highest BCUT2D eigenvalue weighted by atomic mass is 32.1. The molecule has 4 heterocycles. The van der Waals surface area contributed by atoms with Crippen LogP contribution in [0.2, 0.25) is 0 Å². The van der Waals surface area contributed by atoms with Crippen molar-refractivity contribution in [2.45, 2.75) is 185 Å². The number of aliphatic hydroxyl groups is 16. The molecule has 0 amide bonds. The lowest BCUT2D eigenvalue weighted by Gasteiger charge is -2.49. The summed E-state index contributed by atoms with van der Waals surface area (Å²) in [6.07, 6.45) is -45.8. The van der Waals surface area contributed by atoms with Crippen LogP contribution in [0.1, 0.15) is 25.7 Å². The van der Waals surface area contributed by atoms with Crippen LogP contribution in [0, 0.1) is 0 Å². The monoisotopic (exact) mass is 1020 g/mol. The number of nitrogens with two attached hydrogens (primary N) is 1. The Morgan fingerprint density at radius 2 is 0.896 bits per heavy atom. The van der Waals surface area contributed by atoms with E-state index in [0.717, 1.165) is 12.8 Å². The van der Waals surface area contributed by atoms with Crippen LogP contribution in [0.15, 0.2) is 0 Å². The van der Waals surface area contributed by atoms with Gasteiger partial charge in [-0.15, -0.1) is 0 Å². The molecule has 5 fully saturated rings. The zero-order valence-corrected chi connectivity index (χ0v) is 37.4. The number of ether oxygens (including phenoxy) is 8. The van der Waals surface area contributed by atoms with Crippen molar-refractivity contribution in [2.75, 3.05) is 38.8 Å². The Labute approximate surface area is 387 Å². The van der Waals surface area contributed by atoms with E-state index < -0.39 is 194 Å². The van der Waals surface area contributed by atoms with Crippen LogP contribution in [0.25, 0.3) is 0 Å². The highest BCUT2D eigenvalue weighted by Gasteiger charge is 2.57. The zero-order valence-electron chi connectivity index (χ0n) is 35.6. The molecule has 0 radical (unpaired) electrons. The first-order valence-electron chi connectivity index (χ1n) is 21.5. The average molecular weight is 1020 g/mol. The Hall–Kier alpha value is -0.540. The zero-order chi connectivity index (χ0) is 49.7. The molecule has 1 aliphatic carbocycles. The van der Waals surface area contributed by atoms with E-state index in [2.05, 4.69) is 12.6 Å². The van der Waals surface area contributed by atoms with Gasteiger partial charge in [0.2, 0.25) is 0 Å². The van der Waals surface area contributed by atoms with Crippen LogP contribution in [-0.4, -0.2) is 285 Å². The van der Waals surface area contributed by atoms with E-state index in [9.17, 15) is 91.2 Å². The van der Waals surface area contributed by atoms with E-state index in [-0.39, 0.29) is 6.61 Å². The third kappa shape index (κ3) is 13.4. The molecule has 0 aromatic rings. The maximum absolute atomic E-state index is 12.9. The van der Waals surface area contributed by atoms with E-state index >= 15 is 0 Å². The van der Waals surface area contributed by atoms with Gasteiger partial charge in [0, 0.05) is 0 Å². The van der Waals surface area contributed by atoms with Gasteiger partial charge in [0.1, 0.15) is 128 Å². The average Bonchev–Trinajstić information content (AvgIpc) is 3.30. The Morgan fingerprint density at radius 3 is 1.46 bits per heavy atom. The SMILES string of the molecule is N[C@H]1[C@@H](O[C@@H]2[C@@H](O)[C@H](O)[C@@H](O)[C@@H](O)[C@H]2OP(=O)(O)OCCCCCCS)O[C@H](CO)[C@@H](O[C@H]2O[C@H](CO[C@H]3O[C@H](CO)[C@@H](O)[C@H](O)[C@@H]3O[C@H]3O[C@H](CO)[C@@H](O)[C@H](O)[C@@H]3O)[C@@H](O)[C@H](O)[C@@H]2O)[C@@H]1O. The fraction of sp³-hybridized carbons (Fsp3) is 1.00. The van der Waals surface area contributed by atoms with E-state index in [1.165, 1.54) is 0 Å². The molecule has 5 rings (SSSR count). The minimum absolute atomic E-state index is 0.271. The molecule has 1 saturated carbocycles. The Bertz CT molecular complexity index is 1530. The van der Waals surface area contributed by atoms with Gasteiger partial charge in [-0.2, -0.15) is 12.6 Å². The van der Waals surface area contributed by atoms with Crippen molar-refractivity contribution in [3.63, 3.8) is 0 Å². The van der Waals surface area contributed by atoms with E-state index in [0.29, 0.717) is 18.6 Å². The van der Waals surface area contributed by atoms with Crippen molar-refractivity contribution in [1.29, 1.82) is 0 Å². The number of hydrogen-bond donors (Lipinski definition) is 19. The van der Waals surface area contributed by atoms with Crippen LogP contribution in [-0.2, 0) is 51.5 Å². The summed E-state index contributed by atoms with van der Waals surface area (Å²) in [7, 11) is -5.06. The largest absolute Gasteiger partial charge is 0.472 e. The third-order valence-corrected chi connectivity index (χ3v) is 13.5. The van der Waals surface area contributed by atoms with Crippen LogP contribution < -0.4 is 5.73 Å². The van der Waals surface area contributed by atoms with Crippen molar-refractivity contribution in [3.8, 4) is 0 Å². The number of rotatable bonds is 21. The topological polar surface area (TPSA) is 479 Å². The molecule has 31 heteroatoms. The Balaban J connectivity index is 1.26. The van der Waals surface area contributed by atoms with Crippen LogP contribution >= 0.6 is 20.5 Å². The maximum Gasteiger partial charge on any atom is 0.472 e. The number of unbranched alkanes of at least 4 members (excludes halogenated alkanes) is 3. The van der Waals surface area contributed by atoms with Crippen molar-refractivity contribution < 1.29 is 138 Å². The van der Waals surface area contributed by atoms with Gasteiger partial charge < -0.3 is 130 Å². The summed E-state index contributed by atoms with van der Waals surface area (Å²) >= 11 is 4.11. The molecule has 5 aliphatic rings. The van der Waals surface area contributed by atoms with Crippen LogP contribution in [0.4, 0.5) is 0 Å². The molecular weight excluding hydrogens is 957 g/mol. The smallest absolute Gasteiger partial charge is 0.394 e. The molecule has 67 heavy (non-hydrogen) atoms. The Morgan fingerprint density at radius 1 is 0.463 bits per heavy atom. The summed E-state index contributed by atoms with van der Waals surface area (Å²) in [5.41, 5.74) is 6.24. The van der Waals surface area contributed by atoms with Crippen LogP contribution in [0.3, 0.4) is 0 Å². The summed E-state index contributed by atoms with van der Waals surface area (Å²) in [6, 6.07) is -1.77. The summed E-state index contributed by atoms with van der Waals surface area (Å²) in [4.78, 5) is 10.5. The standard InChI is InChI=1S/C36H66NO28PS/c37-15-19(44)29(13(9-40)60-33(15)63-30-25(50)22(47)23(48)26(51)31(30)65-66(54,55)57-5-3-1-2-4-6-67)62-35-28(53)21(46)18(43)14(61-35)10-56-36-32(24(49)17(42)12(8-39)59-36)64-34-27(52)20(45)16(41)11(7-38)58-34/h11-36,38-53,67H,1-10,37H2,(H,54,55)/t11-,12-,13-,14-,15-,16-,17-,18-,19-,20+,21+,22-,23-,24+,25+,26-,27+,28+,29-,30-,31-,32+,33-,34-,35-,36+/m1/s1. The maximum atomic E-state index is 12.9.